The minimum Gasteiger partial charge on any atom is -0.390 e. The Morgan fingerprint density at radius 3 is 2.50 bits per heavy atom. The number of anilines is 1. The molecule has 94 valence electrons. The van der Waals surface area contributed by atoms with E-state index in [2.05, 4.69) is 28.9 Å². The van der Waals surface area contributed by atoms with Gasteiger partial charge < -0.3 is 10.0 Å². The summed E-state index contributed by atoms with van der Waals surface area (Å²) in [5.41, 5.74) is 1.97. The lowest BCUT2D eigenvalue weighted by molar-refractivity contribution is 0.277. The third kappa shape index (κ3) is 3.08. The maximum atomic E-state index is 9.13. The summed E-state index contributed by atoms with van der Waals surface area (Å²) in [5, 5.41) is 9.13. The molecule has 1 N–H and O–H groups in total. The highest BCUT2D eigenvalue weighted by Crippen LogP contribution is 2.15. The molecule has 18 heavy (non-hydrogen) atoms. The SMILES string of the molecule is CCN(Cc1ccccc1)c1cccc(CO)n1. The largest absolute Gasteiger partial charge is 0.390 e. The number of pyridine rings is 1. The van der Waals surface area contributed by atoms with Crippen molar-refractivity contribution >= 4 is 5.82 Å². The molecule has 0 spiro atoms. The van der Waals surface area contributed by atoms with E-state index < -0.39 is 0 Å². The van der Waals surface area contributed by atoms with Crippen molar-refractivity contribution in [2.75, 3.05) is 11.4 Å². The molecule has 0 amide bonds. The van der Waals surface area contributed by atoms with E-state index in [1.165, 1.54) is 5.56 Å². The van der Waals surface area contributed by atoms with Gasteiger partial charge in [0.2, 0.25) is 0 Å². The Labute approximate surface area is 108 Å². The highest BCUT2D eigenvalue weighted by Gasteiger charge is 2.07. The van der Waals surface area contributed by atoms with Crippen LogP contribution in [0.4, 0.5) is 5.82 Å². The summed E-state index contributed by atoms with van der Waals surface area (Å²) in [5.74, 6) is 0.910. The molecule has 0 bridgehead atoms. The fourth-order valence-electron chi connectivity index (χ4n) is 1.89. The number of hydrogen-bond acceptors (Lipinski definition) is 3. The summed E-state index contributed by atoms with van der Waals surface area (Å²) < 4.78 is 0. The molecule has 0 atom stereocenters. The van der Waals surface area contributed by atoms with E-state index in [1.807, 2.05) is 36.4 Å². The molecule has 3 nitrogen and oxygen atoms in total. The molecule has 0 aliphatic rings. The molecular weight excluding hydrogens is 224 g/mol. The second kappa shape index (κ2) is 6.17. The first-order valence-corrected chi connectivity index (χ1v) is 6.19. The molecule has 0 radical (unpaired) electrons. The number of nitrogens with zero attached hydrogens (tertiary/aromatic N) is 2. The summed E-state index contributed by atoms with van der Waals surface area (Å²) in [6.07, 6.45) is 0. The van der Waals surface area contributed by atoms with Crippen molar-refractivity contribution in [3.05, 3.63) is 59.8 Å². The maximum Gasteiger partial charge on any atom is 0.129 e. The predicted molar refractivity (Wildman–Crippen MR) is 73.3 cm³/mol. The van der Waals surface area contributed by atoms with Crippen LogP contribution in [0.15, 0.2) is 48.5 Å². The zero-order valence-corrected chi connectivity index (χ0v) is 10.6. The van der Waals surface area contributed by atoms with Crippen molar-refractivity contribution in [3.63, 3.8) is 0 Å². The van der Waals surface area contributed by atoms with Crippen molar-refractivity contribution in [2.45, 2.75) is 20.1 Å². The summed E-state index contributed by atoms with van der Waals surface area (Å²) in [7, 11) is 0. The Hall–Kier alpha value is -1.87. The van der Waals surface area contributed by atoms with Gasteiger partial charge in [0.1, 0.15) is 5.82 Å². The Morgan fingerprint density at radius 1 is 1.06 bits per heavy atom. The van der Waals surface area contributed by atoms with Crippen LogP contribution in [0.3, 0.4) is 0 Å². The van der Waals surface area contributed by atoms with Gasteiger partial charge in [0, 0.05) is 13.1 Å². The Morgan fingerprint density at radius 2 is 1.83 bits per heavy atom. The molecular formula is C15H18N2O. The second-order valence-electron chi connectivity index (χ2n) is 4.15. The maximum absolute atomic E-state index is 9.13. The summed E-state index contributed by atoms with van der Waals surface area (Å²) in [6, 6.07) is 16.1. The first-order chi connectivity index (χ1) is 8.83. The van der Waals surface area contributed by atoms with Gasteiger partial charge in [0.15, 0.2) is 0 Å². The number of aliphatic hydroxyl groups is 1. The third-order valence-electron chi connectivity index (χ3n) is 2.88. The Bertz CT molecular complexity index is 485. The number of aliphatic hydroxyl groups excluding tert-OH is 1. The molecule has 0 fully saturated rings. The number of benzene rings is 1. The van der Waals surface area contributed by atoms with Gasteiger partial charge in [-0.1, -0.05) is 36.4 Å². The molecule has 1 aromatic carbocycles. The highest BCUT2D eigenvalue weighted by molar-refractivity contribution is 5.40. The van der Waals surface area contributed by atoms with E-state index in [0.29, 0.717) is 5.69 Å². The van der Waals surface area contributed by atoms with Gasteiger partial charge in [-0.2, -0.15) is 0 Å². The Kier molecular flexibility index (Phi) is 4.31. The minimum atomic E-state index is -0.0171. The third-order valence-corrected chi connectivity index (χ3v) is 2.88. The van der Waals surface area contributed by atoms with Gasteiger partial charge >= 0.3 is 0 Å². The van der Waals surface area contributed by atoms with E-state index in [4.69, 9.17) is 5.11 Å². The van der Waals surface area contributed by atoms with Crippen LogP contribution < -0.4 is 4.90 Å². The summed E-state index contributed by atoms with van der Waals surface area (Å²) >= 11 is 0. The van der Waals surface area contributed by atoms with Crippen LogP contribution in [-0.4, -0.2) is 16.6 Å². The zero-order valence-electron chi connectivity index (χ0n) is 10.6. The lowest BCUT2D eigenvalue weighted by Gasteiger charge is -2.22. The van der Waals surface area contributed by atoms with Crippen molar-refractivity contribution in [3.8, 4) is 0 Å². The van der Waals surface area contributed by atoms with Gasteiger partial charge in [-0.3, -0.25) is 0 Å². The van der Waals surface area contributed by atoms with Crippen molar-refractivity contribution in [2.24, 2.45) is 0 Å². The van der Waals surface area contributed by atoms with Crippen LogP contribution in [0.25, 0.3) is 0 Å². The van der Waals surface area contributed by atoms with Gasteiger partial charge in [0.25, 0.3) is 0 Å². The van der Waals surface area contributed by atoms with Crippen LogP contribution in [0.2, 0.25) is 0 Å². The average Bonchev–Trinajstić information content (AvgIpc) is 2.46. The minimum absolute atomic E-state index is 0.0171. The standard InChI is InChI=1S/C15H18N2O/c1-2-17(11-13-7-4-3-5-8-13)15-10-6-9-14(12-18)16-15/h3-10,18H,2,11-12H2,1H3. The summed E-state index contributed by atoms with van der Waals surface area (Å²) in [6.45, 7) is 3.81. The molecule has 2 aromatic rings. The van der Waals surface area contributed by atoms with Gasteiger partial charge in [0.05, 0.1) is 12.3 Å². The van der Waals surface area contributed by atoms with Crippen LogP contribution in [-0.2, 0) is 13.2 Å². The monoisotopic (exact) mass is 242 g/mol. The number of hydrogen-bond donors (Lipinski definition) is 1. The van der Waals surface area contributed by atoms with E-state index in [-0.39, 0.29) is 6.61 Å². The average molecular weight is 242 g/mol. The highest BCUT2D eigenvalue weighted by atomic mass is 16.3. The topological polar surface area (TPSA) is 36.4 Å². The molecule has 1 aromatic heterocycles. The van der Waals surface area contributed by atoms with Crippen LogP contribution in [0.5, 0.6) is 0 Å². The quantitative estimate of drug-likeness (QED) is 0.875. The van der Waals surface area contributed by atoms with Gasteiger partial charge in [-0.05, 0) is 24.6 Å². The van der Waals surface area contributed by atoms with Gasteiger partial charge in [-0.25, -0.2) is 4.98 Å². The first kappa shape index (κ1) is 12.6. The molecule has 3 heteroatoms. The summed E-state index contributed by atoms with van der Waals surface area (Å²) in [4.78, 5) is 6.62. The van der Waals surface area contributed by atoms with Crippen molar-refractivity contribution in [1.29, 1.82) is 0 Å². The lowest BCUT2D eigenvalue weighted by Crippen LogP contribution is -2.23. The molecule has 2 rings (SSSR count). The Balaban J connectivity index is 2.17. The van der Waals surface area contributed by atoms with Crippen LogP contribution >= 0.6 is 0 Å². The molecule has 0 aliphatic heterocycles. The van der Waals surface area contributed by atoms with Crippen LogP contribution in [0.1, 0.15) is 18.2 Å². The lowest BCUT2D eigenvalue weighted by atomic mass is 10.2. The van der Waals surface area contributed by atoms with Gasteiger partial charge in [-0.15, -0.1) is 0 Å². The van der Waals surface area contributed by atoms with Crippen molar-refractivity contribution < 1.29 is 5.11 Å². The van der Waals surface area contributed by atoms with E-state index in [9.17, 15) is 0 Å². The molecule has 0 aliphatic carbocycles. The van der Waals surface area contributed by atoms with E-state index in [0.717, 1.165) is 18.9 Å². The first-order valence-electron chi connectivity index (χ1n) is 6.19. The fraction of sp³-hybridized carbons (Fsp3) is 0.267. The predicted octanol–water partition coefficient (Wildman–Crippen LogP) is 2.60. The molecule has 1 heterocycles. The zero-order chi connectivity index (χ0) is 12.8. The van der Waals surface area contributed by atoms with Crippen LogP contribution in [0, 0.1) is 0 Å². The fourth-order valence-corrected chi connectivity index (χ4v) is 1.89. The van der Waals surface area contributed by atoms with E-state index in [1.54, 1.807) is 0 Å². The molecule has 0 saturated carbocycles. The van der Waals surface area contributed by atoms with E-state index >= 15 is 0 Å². The van der Waals surface area contributed by atoms with Crippen molar-refractivity contribution in [1.82, 2.24) is 4.98 Å². The number of aromatic nitrogens is 1. The number of rotatable bonds is 5. The smallest absolute Gasteiger partial charge is 0.129 e. The molecule has 0 unspecified atom stereocenters. The normalized spacial score (nSPS) is 10.3. The molecule has 0 saturated heterocycles. The second-order valence-corrected chi connectivity index (χ2v) is 4.15.